The molecule has 2 unspecified atom stereocenters. The van der Waals surface area contributed by atoms with Gasteiger partial charge in [0.15, 0.2) is 0 Å². The van der Waals surface area contributed by atoms with E-state index in [1.54, 1.807) is 11.1 Å². The van der Waals surface area contributed by atoms with Crippen LogP contribution in [0.4, 0.5) is 0 Å². The maximum absolute atomic E-state index is 3.14. The molecule has 0 saturated carbocycles. The van der Waals surface area contributed by atoms with E-state index in [9.17, 15) is 0 Å². The van der Waals surface area contributed by atoms with Crippen LogP contribution in [0.3, 0.4) is 0 Å². The molecule has 0 N–H and O–H groups in total. The summed E-state index contributed by atoms with van der Waals surface area (Å²) >= 11 is -3.14. The summed E-state index contributed by atoms with van der Waals surface area (Å²) in [6.07, 6.45) is 6.64. The number of hydrogen-bond donors (Lipinski definition) is 0. The second-order valence-corrected chi connectivity index (χ2v) is 37.9. The Balaban J connectivity index is 1.30. The molecule has 1 aliphatic heterocycles. The van der Waals surface area contributed by atoms with E-state index in [1.807, 2.05) is 10.4 Å². The van der Waals surface area contributed by atoms with Gasteiger partial charge in [-0.2, -0.15) is 0 Å². The average Bonchev–Trinajstić information content (AvgIpc) is 3.73. The third kappa shape index (κ3) is 5.40. The van der Waals surface area contributed by atoms with Crippen LogP contribution in [0.1, 0.15) is 85.8 Å². The zero-order valence-corrected chi connectivity index (χ0v) is 34.9. The molecule has 246 valence electrons. The van der Waals surface area contributed by atoms with Crippen molar-refractivity contribution in [3.63, 3.8) is 0 Å². The molecule has 2 aliphatic carbocycles. The number of rotatable bonds is 7. The van der Waals surface area contributed by atoms with Crippen LogP contribution in [0.25, 0.3) is 34.4 Å². The SMILES string of the molecule is CC(C)c1ccc(-c2cccc3c2C=C2[CH]3[Hf]([CH3])([CH3])[CH]3C(=Cc4c(-c5ccc(C(C)C)cc5)cccc43)[Si]2(C)CCc2ccccc2)cc1. The molecule has 5 aromatic rings. The van der Waals surface area contributed by atoms with E-state index in [2.05, 4.69) is 171 Å². The molecule has 1 saturated heterocycles. The summed E-state index contributed by atoms with van der Waals surface area (Å²) in [7, 11) is -2.08. The molecule has 0 aromatic heterocycles. The predicted octanol–water partition coefficient (Wildman–Crippen LogP) is 13.5. The van der Waals surface area contributed by atoms with Gasteiger partial charge in [-0.3, -0.25) is 0 Å². The topological polar surface area (TPSA) is 0 Å². The third-order valence-corrected chi connectivity index (χ3v) is 34.3. The fourth-order valence-corrected chi connectivity index (χ4v) is 41.9. The van der Waals surface area contributed by atoms with Gasteiger partial charge in [-0.05, 0) is 0 Å². The summed E-state index contributed by atoms with van der Waals surface area (Å²) in [5.41, 5.74) is 16.2. The Hall–Kier alpha value is -3.33. The Bertz CT molecular complexity index is 1970. The molecule has 0 bridgehead atoms. The number of benzene rings is 5. The Kier molecular flexibility index (Phi) is 8.35. The molecule has 2 heteroatoms. The molecular formula is C47H50HfSi. The molecule has 0 nitrogen and oxygen atoms in total. The van der Waals surface area contributed by atoms with Crippen molar-refractivity contribution in [3.05, 3.63) is 165 Å². The fraction of sp³-hybridized carbons (Fsp3) is 0.277. The van der Waals surface area contributed by atoms with Gasteiger partial charge in [0.1, 0.15) is 0 Å². The summed E-state index contributed by atoms with van der Waals surface area (Å²) in [5, 5.41) is 3.68. The van der Waals surface area contributed by atoms with Crippen LogP contribution in [0, 0.1) is 0 Å². The average molecular weight is 821 g/mol. The normalized spacial score (nSPS) is 21.6. The summed E-state index contributed by atoms with van der Waals surface area (Å²) in [5.74, 6) is 1.09. The van der Waals surface area contributed by atoms with Gasteiger partial charge in [-0.1, -0.05) is 0 Å². The number of fused-ring (bicyclic) bond motifs is 6. The Morgan fingerprint density at radius 3 is 1.43 bits per heavy atom. The second kappa shape index (κ2) is 12.5. The Morgan fingerprint density at radius 2 is 1.00 bits per heavy atom. The van der Waals surface area contributed by atoms with Crippen LogP contribution < -0.4 is 0 Å². The molecule has 5 aromatic carbocycles. The molecule has 8 rings (SSSR count). The Morgan fingerprint density at radius 1 is 0.551 bits per heavy atom. The standard InChI is InChI=1S/C45H44Si.2CH3.Hf/c1-31(2)34-17-21-36(22-18-34)42-15-9-13-38-27-40(29-44(38)42)46(5,26-25-33-11-7-6-8-12-33)41-28-39-14-10-16-43(45(39)30-41)37-23-19-35(20-24-37)32(3)4;;;/h6-24,27-32H,25-26H2,1-5H3;2*1H3;. The number of allylic oxidation sites excluding steroid dienone is 2. The second-order valence-electron chi connectivity index (χ2n) is 16.4. The minimum absolute atomic E-state index is 0.544. The Labute approximate surface area is 300 Å². The third-order valence-electron chi connectivity index (χ3n) is 12.4. The number of hydrogen-bond acceptors (Lipinski definition) is 0. The van der Waals surface area contributed by atoms with E-state index in [0.717, 1.165) is 6.42 Å². The molecule has 1 heterocycles. The van der Waals surface area contributed by atoms with Crippen molar-refractivity contribution >= 4 is 20.2 Å². The van der Waals surface area contributed by atoms with Crippen LogP contribution in [-0.2, 0) is 26.4 Å². The van der Waals surface area contributed by atoms with Crippen LogP contribution in [-0.4, -0.2) is 8.07 Å². The van der Waals surface area contributed by atoms with E-state index in [0.29, 0.717) is 19.2 Å². The van der Waals surface area contributed by atoms with Gasteiger partial charge < -0.3 is 0 Å². The van der Waals surface area contributed by atoms with E-state index in [1.165, 1.54) is 56.1 Å². The van der Waals surface area contributed by atoms with Crippen LogP contribution in [0.2, 0.25) is 22.0 Å². The van der Waals surface area contributed by atoms with Gasteiger partial charge in [0.05, 0.1) is 0 Å². The first-order chi connectivity index (χ1) is 23.6. The molecule has 0 radical (unpaired) electrons. The summed E-state index contributed by atoms with van der Waals surface area (Å²) < 4.78 is 6.86. The summed E-state index contributed by atoms with van der Waals surface area (Å²) in [6, 6.07) is 45.9. The van der Waals surface area contributed by atoms with Crippen molar-refractivity contribution < 1.29 is 20.0 Å². The van der Waals surface area contributed by atoms with Crippen molar-refractivity contribution in [2.75, 3.05) is 0 Å². The van der Waals surface area contributed by atoms with Gasteiger partial charge in [0.2, 0.25) is 0 Å². The molecule has 0 amide bonds. The van der Waals surface area contributed by atoms with Crippen LogP contribution >= 0.6 is 0 Å². The molecule has 2 atom stereocenters. The molecule has 1 fully saturated rings. The van der Waals surface area contributed by atoms with Crippen LogP contribution in [0.5, 0.6) is 0 Å². The minimum atomic E-state index is -3.14. The van der Waals surface area contributed by atoms with Gasteiger partial charge in [0, 0.05) is 0 Å². The quantitative estimate of drug-likeness (QED) is 0.144. The van der Waals surface area contributed by atoms with Gasteiger partial charge >= 0.3 is 302 Å². The zero-order valence-electron chi connectivity index (χ0n) is 30.3. The van der Waals surface area contributed by atoms with Gasteiger partial charge in [-0.25, -0.2) is 0 Å². The van der Waals surface area contributed by atoms with E-state index < -0.39 is 28.0 Å². The monoisotopic (exact) mass is 822 g/mol. The summed E-state index contributed by atoms with van der Waals surface area (Å²) in [4.78, 5) is 0. The predicted molar refractivity (Wildman–Crippen MR) is 212 cm³/mol. The first kappa shape index (κ1) is 32.8. The van der Waals surface area contributed by atoms with Gasteiger partial charge in [0.25, 0.3) is 0 Å². The number of aryl methyl sites for hydroxylation is 1. The van der Waals surface area contributed by atoms with E-state index >= 15 is 0 Å². The van der Waals surface area contributed by atoms with E-state index in [-0.39, 0.29) is 0 Å². The van der Waals surface area contributed by atoms with Crippen molar-refractivity contribution in [2.24, 2.45) is 0 Å². The van der Waals surface area contributed by atoms with Crippen LogP contribution in [0.15, 0.2) is 126 Å². The van der Waals surface area contributed by atoms with Crippen molar-refractivity contribution in [3.8, 4) is 22.3 Å². The molecular weight excluding hydrogens is 771 g/mol. The first-order valence-corrected chi connectivity index (χ1v) is 32.6. The molecule has 49 heavy (non-hydrogen) atoms. The zero-order chi connectivity index (χ0) is 34.1. The fourth-order valence-electron chi connectivity index (χ4n) is 9.62. The van der Waals surface area contributed by atoms with Gasteiger partial charge in [-0.15, -0.1) is 0 Å². The molecule has 0 spiro atoms. The molecule has 3 aliphatic rings. The first-order valence-electron chi connectivity index (χ1n) is 18.5. The van der Waals surface area contributed by atoms with Crippen molar-refractivity contribution in [1.82, 2.24) is 0 Å². The van der Waals surface area contributed by atoms with Crippen molar-refractivity contribution in [2.45, 2.75) is 75.3 Å². The van der Waals surface area contributed by atoms with Crippen molar-refractivity contribution in [1.29, 1.82) is 0 Å². The van der Waals surface area contributed by atoms with E-state index in [4.69, 9.17) is 0 Å². The summed E-state index contributed by atoms with van der Waals surface area (Å²) in [6.45, 7) is 11.9. The maximum atomic E-state index is 2.80.